The molecule has 0 aliphatic rings. The molecule has 1 aromatic rings. The van der Waals surface area contributed by atoms with Crippen molar-refractivity contribution in [3.05, 3.63) is 24.0 Å². The molecule has 0 atom stereocenters. The monoisotopic (exact) mass is 270 g/mol. The highest BCUT2D eigenvalue weighted by Crippen LogP contribution is 2.25. The van der Waals surface area contributed by atoms with Gasteiger partial charge in [-0.15, -0.1) is 11.8 Å². The summed E-state index contributed by atoms with van der Waals surface area (Å²) in [5, 5.41) is 2.82. The van der Waals surface area contributed by atoms with E-state index >= 15 is 0 Å². The van der Waals surface area contributed by atoms with Crippen LogP contribution in [-0.2, 0) is 4.79 Å². The third-order valence-corrected chi connectivity index (χ3v) is 3.45. The number of thioether (sulfide) groups is 1. The van der Waals surface area contributed by atoms with Crippen molar-refractivity contribution in [3.63, 3.8) is 0 Å². The van der Waals surface area contributed by atoms with Crippen molar-refractivity contribution in [1.29, 1.82) is 0 Å². The molecular formula is C13H19FN2OS. The van der Waals surface area contributed by atoms with E-state index in [9.17, 15) is 9.18 Å². The lowest BCUT2D eigenvalue weighted by Gasteiger charge is -2.08. The topological polar surface area (TPSA) is 55.1 Å². The summed E-state index contributed by atoms with van der Waals surface area (Å²) in [5.41, 5.74) is 6.19. The molecule has 0 spiro atoms. The van der Waals surface area contributed by atoms with Gasteiger partial charge in [0.25, 0.3) is 0 Å². The number of nitrogen functional groups attached to an aromatic ring is 1. The Balaban J connectivity index is 2.36. The SMILES string of the molecule is CC(C)CCNC(=O)CSc1cc(F)ccc1N. The summed E-state index contributed by atoms with van der Waals surface area (Å²) in [7, 11) is 0. The fourth-order valence-electron chi connectivity index (χ4n) is 1.33. The van der Waals surface area contributed by atoms with Crippen LogP contribution in [-0.4, -0.2) is 18.2 Å². The van der Waals surface area contributed by atoms with E-state index in [-0.39, 0.29) is 17.5 Å². The molecule has 0 aliphatic carbocycles. The number of anilines is 1. The summed E-state index contributed by atoms with van der Waals surface area (Å²) < 4.78 is 13.0. The molecule has 0 aliphatic heterocycles. The van der Waals surface area contributed by atoms with E-state index in [2.05, 4.69) is 19.2 Å². The van der Waals surface area contributed by atoms with Gasteiger partial charge in [-0.3, -0.25) is 4.79 Å². The van der Waals surface area contributed by atoms with Crippen molar-refractivity contribution in [2.24, 2.45) is 5.92 Å². The Bertz CT molecular complexity index is 410. The van der Waals surface area contributed by atoms with Crippen LogP contribution in [0.25, 0.3) is 0 Å². The minimum Gasteiger partial charge on any atom is -0.398 e. The molecule has 1 aromatic carbocycles. The molecule has 0 saturated carbocycles. The number of carbonyl (C=O) groups excluding carboxylic acids is 1. The van der Waals surface area contributed by atoms with Gasteiger partial charge in [0.1, 0.15) is 5.82 Å². The van der Waals surface area contributed by atoms with Crippen LogP contribution >= 0.6 is 11.8 Å². The van der Waals surface area contributed by atoms with Crippen molar-refractivity contribution in [1.82, 2.24) is 5.32 Å². The second-order valence-corrected chi connectivity index (χ2v) is 5.52. The Morgan fingerprint density at radius 2 is 2.22 bits per heavy atom. The molecule has 0 unspecified atom stereocenters. The number of amides is 1. The number of rotatable bonds is 6. The van der Waals surface area contributed by atoms with Crippen molar-refractivity contribution in [3.8, 4) is 0 Å². The molecule has 3 nitrogen and oxygen atoms in total. The van der Waals surface area contributed by atoms with Crippen LogP contribution in [0.2, 0.25) is 0 Å². The number of carbonyl (C=O) groups is 1. The van der Waals surface area contributed by atoms with E-state index in [0.717, 1.165) is 6.42 Å². The van der Waals surface area contributed by atoms with Gasteiger partial charge in [-0.1, -0.05) is 13.8 Å². The van der Waals surface area contributed by atoms with Gasteiger partial charge in [-0.25, -0.2) is 4.39 Å². The molecule has 0 heterocycles. The first-order valence-electron chi connectivity index (χ1n) is 5.93. The molecule has 1 rings (SSSR count). The Hall–Kier alpha value is -1.23. The third kappa shape index (κ3) is 5.40. The van der Waals surface area contributed by atoms with Crippen molar-refractivity contribution in [2.45, 2.75) is 25.2 Å². The highest BCUT2D eigenvalue weighted by molar-refractivity contribution is 8.00. The first kappa shape index (κ1) is 14.8. The summed E-state index contributed by atoms with van der Waals surface area (Å²) in [5.74, 6) is 0.430. The molecule has 1 amide bonds. The molecule has 3 N–H and O–H groups in total. The van der Waals surface area contributed by atoms with Gasteiger partial charge in [-0.05, 0) is 30.5 Å². The Kier molecular flexibility index (Phi) is 5.98. The Morgan fingerprint density at radius 3 is 2.89 bits per heavy atom. The van der Waals surface area contributed by atoms with Crippen LogP contribution < -0.4 is 11.1 Å². The van der Waals surface area contributed by atoms with Crippen molar-refractivity contribution < 1.29 is 9.18 Å². The quantitative estimate of drug-likeness (QED) is 0.617. The zero-order valence-corrected chi connectivity index (χ0v) is 11.5. The Morgan fingerprint density at radius 1 is 1.50 bits per heavy atom. The van der Waals surface area contributed by atoms with E-state index < -0.39 is 0 Å². The van der Waals surface area contributed by atoms with Crippen LogP contribution in [0.5, 0.6) is 0 Å². The van der Waals surface area contributed by atoms with Gasteiger partial charge in [0.15, 0.2) is 0 Å². The minimum absolute atomic E-state index is 0.0516. The fraction of sp³-hybridized carbons (Fsp3) is 0.462. The molecule has 0 fully saturated rings. The number of benzene rings is 1. The lowest BCUT2D eigenvalue weighted by molar-refractivity contribution is -0.118. The van der Waals surface area contributed by atoms with Gasteiger partial charge < -0.3 is 11.1 Å². The molecular weight excluding hydrogens is 251 g/mol. The second kappa shape index (κ2) is 7.26. The maximum atomic E-state index is 13.0. The van der Waals surface area contributed by atoms with E-state index in [0.29, 0.717) is 23.0 Å². The summed E-state index contributed by atoms with van der Waals surface area (Å²) in [6.45, 7) is 4.89. The number of nitrogens with one attached hydrogen (secondary N) is 1. The maximum Gasteiger partial charge on any atom is 0.230 e. The number of nitrogens with two attached hydrogens (primary N) is 1. The minimum atomic E-state index is -0.341. The number of hydrogen-bond acceptors (Lipinski definition) is 3. The van der Waals surface area contributed by atoms with Crippen LogP contribution in [0.3, 0.4) is 0 Å². The summed E-state index contributed by atoms with van der Waals surface area (Å²) in [6, 6.07) is 4.16. The summed E-state index contributed by atoms with van der Waals surface area (Å²) in [4.78, 5) is 12.1. The molecule has 0 bridgehead atoms. The number of halogens is 1. The third-order valence-electron chi connectivity index (χ3n) is 2.38. The highest BCUT2D eigenvalue weighted by atomic mass is 32.2. The van der Waals surface area contributed by atoms with E-state index in [1.165, 1.54) is 30.0 Å². The molecule has 18 heavy (non-hydrogen) atoms. The average Bonchev–Trinajstić information content (AvgIpc) is 2.30. The lowest BCUT2D eigenvalue weighted by atomic mass is 10.1. The van der Waals surface area contributed by atoms with Gasteiger partial charge >= 0.3 is 0 Å². The van der Waals surface area contributed by atoms with Crippen molar-refractivity contribution in [2.75, 3.05) is 18.0 Å². The predicted molar refractivity (Wildman–Crippen MR) is 74.0 cm³/mol. The average molecular weight is 270 g/mol. The van der Waals surface area contributed by atoms with Crippen molar-refractivity contribution >= 4 is 23.4 Å². The van der Waals surface area contributed by atoms with Crippen LogP contribution in [0.4, 0.5) is 10.1 Å². The van der Waals surface area contributed by atoms with Crippen LogP contribution in [0, 0.1) is 11.7 Å². The zero-order valence-electron chi connectivity index (χ0n) is 10.7. The molecule has 0 radical (unpaired) electrons. The second-order valence-electron chi connectivity index (χ2n) is 4.50. The van der Waals surface area contributed by atoms with E-state index in [1.54, 1.807) is 0 Å². The van der Waals surface area contributed by atoms with Gasteiger partial charge in [-0.2, -0.15) is 0 Å². The largest absolute Gasteiger partial charge is 0.398 e. The summed E-state index contributed by atoms with van der Waals surface area (Å²) >= 11 is 1.25. The molecule has 100 valence electrons. The summed E-state index contributed by atoms with van der Waals surface area (Å²) in [6.07, 6.45) is 0.957. The highest BCUT2D eigenvalue weighted by Gasteiger charge is 2.06. The van der Waals surface area contributed by atoms with Gasteiger partial charge in [0.2, 0.25) is 5.91 Å². The first-order chi connectivity index (χ1) is 8.49. The maximum absolute atomic E-state index is 13.0. The van der Waals surface area contributed by atoms with Gasteiger partial charge in [0.05, 0.1) is 5.75 Å². The smallest absolute Gasteiger partial charge is 0.230 e. The normalized spacial score (nSPS) is 10.7. The van der Waals surface area contributed by atoms with E-state index in [4.69, 9.17) is 5.73 Å². The van der Waals surface area contributed by atoms with Crippen LogP contribution in [0.1, 0.15) is 20.3 Å². The lowest BCUT2D eigenvalue weighted by Crippen LogP contribution is -2.26. The predicted octanol–water partition coefficient (Wildman–Crippen LogP) is 2.66. The fourth-order valence-corrected chi connectivity index (χ4v) is 2.15. The van der Waals surface area contributed by atoms with Crippen LogP contribution in [0.15, 0.2) is 23.1 Å². The van der Waals surface area contributed by atoms with E-state index in [1.807, 2.05) is 0 Å². The molecule has 0 saturated heterocycles. The van der Waals surface area contributed by atoms with Gasteiger partial charge in [0, 0.05) is 17.1 Å². The number of hydrogen-bond donors (Lipinski definition) is 2. The molecule has 5 heteroatoms. The first-order valence-corrected chi connectivity index (χ1v) is 6.92. The zero-order chi connectivity index (χ0) is 13.5. The Labute approximate surface area is 111 Å². The molecule has 0 aromatic heterocycles. The standard InChI is InChI=1S/C13H19FN2OS/c1-9(2)5-6-16-13(17)8-18-12-7-10(14)3-4-11(12)15/h3-4,7,9H,5-6,8,15H2,1-2H3,(H,16,17).